The molecule has 1 aromatic heterocycles. The number of halogens is 1. The minimum atomic E-state index is 0.503. The highest BCUT2D eigenvalue weighted by Crippen LogP contribution is 2.29. The summed E-state index contributed by atoms with van der Waals surface area (Å²) in [5.74, 6) is 0.870. The number of hydrogen-bond donors (Lipinski definition) is 0. The molecule has 2 aromatic carbocycles. The number of aromatic nitrogens is 1. The molecule has 0 aliphatic rings. The first-order valence-electron chi connectivity index (χ1n) is 6.62. The molecule has 0 saturated heterocycles. The van der Waals surface area contributed by atoms with Crippen LogP contribution in [0.3, 0.4) is 0 Å². The standard InChI is InChI=1S/C17H14BrNOS/c1-12-17(13-6-5-7-14(18)10-13)19-16(21-12)11-20-15-8-3-2-4-9-15/h2-10H,11H2,1H3. The van der Waals surface area contributed by atoms with E-state index < -0.39 is 0 Å². The van der Waals surface area contributed by atoms with Crippen molar-refractivity contribution in [3.05, 3.63) is 69.0 Å². The Balaban J connectivity index is 1.78. The first kappa shape index (κ1) is 14.3. The van der Waals surface area contributed by atoms with Crippen molar-refractivity contribution in [1.82, 2.24) is 4.98 Å². The van der Waals surface area contributed by atoms with Crippen molar-refractivity contribution in [2.45, 2.75) is 13.5 Å². The number of aryl methyl sites for hydroxylation is 1. The van der Waals surface area contributed by atoms with Crippen LogP contribution in [0.15, 0.2) is 59.1 Å². The molecular weight excluding hydrogens is 346 g/mol. The maximum atomic E-state index is 5.76. The van der Waals surface area contributed by atoms with Crippen molar-refractivity contribution in [1.29, 1.82) is 0 Å². The van der Waals surface area contributed by atoms with Gasteiger partial charge in [0.25, 0.3) is 0 Å². The Morgan fingerprint density at radius 1 is 1.10 bits per heavy atom. The second kappa shape index (κ2) is 6.41. The van der Waals surface area contributed by atoms with Gasteiger partial charge in [0.05, 0.1) is 5.69 Å². The van der Waals surface area contributed by atoms with Crippen LogP contribution < -0.4 is 4.74 Å². The summed E-state index contributed by atoms with van der Waals surface area (Å²) in [7, 11) is 0. The summed E-state index contributed by atoms with van der Waals surface area (Å²) in [5.41, 5.74) is 2.16. The number of rotatable bonds is 4. The molecule has 1 heterocycles. The molecule has 106 valence electrons. The number of ether oxygens (including phenoxy) is 1. The zero-order valence-electron chi connectivity index (χ0n) is 11.5. The van der Waals surface area contributed by atoms with E-state index in [0.717, 1.165) is 26.5 Å². The van der Waals surface area contributed by atoms with Gasteiger partial charge in [0, 0.05) is 14.9 Å². The highest BCUT2D eigenvalue weighted by atomic mass is 79.9. The fourth-order valence-corrected chi connectivity index (χ4v) is 3.35. The van der Waals surface area contributed by atoms with Crippen LogP contribution in [0.1, 0.15) is 9.88 Å². The lowest BCUT2D eigenvalue weighted by molar-refractivity contribution is 0.305. The van der Waals surface area contributed by atoms with E-state index in [1.807, 2.05) is 42.5 Å². The van der Waals surface area contributed by atoms with E-state index in [0.29, 0.717) is 6.61 Å². The average molecular weight is 360 g/mol. The van der Waals surface area contributed by atoms with Crippen LogP contribution in [0.4, 0.5) is 0 Å². The maximum Gasteiger partial charge on any atom is 0.140 e. The van der Waals surface area contributed by atoms with Crippen molar-refractivity contribution in [3.8, 4) is 17.0 Å². The molecule has 3 rings (SSSR count). The lowest BCUT2D eigenvalue weighted by atomic mass is 10.1. The first-order valence-corrected chi connectivity index (χ1v) is 8.23. The summed E-state index contributed by atoms with van der Waals surface area (Å²) < 4.78 is 6.82. The van der Waals surface area contributed by atoms with E-state index in [9.17, 15) is 0 Å². The smallest absolute Gasteiger partial charge is 0.140 e. The van der Waals surface area contributed by atoms with Crippen molar-refractivity contribution in [2.24, 2.45) is 0 Å². The highest BCUT2D eigenvalue weighted by Gasteiger charge is 2.10. The largest absolute Gasteiger partial charge is 0.486 e. The van der Waals surface area contributed by atoms with Crippen LogP contribution in [0, 0.1) is 6.92 Å². The molecule has 0 unspecified atom stereocenters. The number of nitrogens with zero attached hydrogens (tertiary/aromatic N) is 1. The Bertz CT molecular complexity index is 740. The number of benzene rings is 2. The molecule has 0 spiro atoms. The third-order valence-corrected chi connectivity index (χ3v) is 4.48. The van der Waals surface area contributed by atoms with E-state index in [1.54, 1.807) is 11.3 Å². The van der Waals surface area contributed by atoms with Gasteiger partial charge in [0.1, 0.15) is 17.4 Å². The van der Waals surface area contributed by atoms with Crippen LogP contribution in [-0.2, 0) is 6.61 Å². The van der Waals surface area contributed by atoms with Gasteiger partial charge in [-0.1, -0.05) is 46.3 Å². The van der Waals surface area contributed by atoms with Gasteiger partial charge in [-0.25, -0.2) is 4.98 Å². The number of thiazole rings is 1. The topological polar surface area (TPSA) is 22.1 Å². The van der Waals surface area contributed by atoms with Gasteiger partial charge in [-0.15, -0.1) is 11.3 Å². The van der Waals surface area contributed by atoms with E-state index in [2.05, 4.69) is 35.0 Å². The predicted octanol–water partition coefficient (Wildman–Crippen LogP) is 5.46. The Kier molecular flexibility index (Phi) is 4.36. The third kappa shape index (κ3) is 3.52. The molecule has 4 heteroatoms. The second-order valence-electron chi connectivity index (χ2n) is 4.62. The summed E-state index contributed by atoms with van der Waals surface area (Å²) in [6, 6.07) is 18.0. The molecule has 3 aromatic rings. The monoisotopic (exact) mass is 359 g/mol. The molecule has 0 N–H and O–H groups in total. The Labute approximate surface area is 136 Å². The van der Waals surface area contributed by atoms with Crippen molar-refractivity contribution >= 4 is 27.3 Å². The average Bonchev–Trinajstić information content (AvgIpc) is 2.87. The van der Waals surface area contributed by atoms with E-state index >= 15 is 0 Å². The lowest BCUT2D eigenvalue weighted by Gasteiger charge is -2.02. The number of para-hydroxylation sites is 1. The molecule has 0 saturated carbocycles. The molecule has 0 bridgehead atoms. The zero-order valence-corrected chi connectivity index (χ0v) is 13.9. The van der Waals surface area contributed by atoms with Gasteiger partial charge in [0.2, 0.25) is 0 Å². The highest BCUT2D eigenvalue weighted by molar-refractivity contribution is 9.10. The molecule has 0 atom stereocenters. The van der Waals surface area contributed by atoms with Gasteiger partial charge < -0.3 is 4.74 Å². The second-order valence-corrected chi connectivity index (χ2v) is 6.83. The normalized spacial score (nSPS) is 10.6. The Morgan fingerprint density at radius 2 is 1.90 bits per heavy atom. The van der Waals surface area contributed by atoms with Crippen LogP contribution >= 0.6 is 27.3 Å². The fourth-order valence-electron chi connectivity index (χ4n) is 2.08. The Morgan fingerprint density at radius 3 is 2.67 bits per heavy atom. The van der Waals surface area contributed by atoms with E-state index in [1.165, 1.54) is 4.88 Å². The van der Waals surface area contributed by atoms with Crippen molar-refractivity contribution < 1.29 is 4.74 Å². The molecule has 21 heavy (non-hydrogen) atoms. The van der Waals surface area contributed by atoms with Gasteiger partial charge in [-0.2, -0.15) is 0 Å². The minimum absolute atomic E-state index is 0.503. The quantitative estimate of drug-likeness (QED) is 0.616. The van der Waals surface area contributed by atoms with Crippen LogP contribution in [0.25, 0.3) is 11.3 Å². The Hall–Kier alpha value is -1.65. The van der Waals surface area contributed by atoms with E-state index in [-0.39, 0.29) is 0 Å². The third-order valence-electron chi connectivity index (χ3n) is 3.04. The molecule has 2 nitrogen and oxygen atoms in total. The fraction of sp³-hybridized carbons (Fsp3) is 0.118. The van der Waals surface area contributed by atoms with Gasteiger partial charge in [-0.3, -0.25) is 0 Å². The molecule has 0 radical (unpaired) electrons. The van der Waals surface area contributed by atoms with Crippen LogP contribution in [-0.4, -0.2) is 4.98 Å². The molecule has 0 aliphatic carbocycles. The summed E-state index contributed by atoms with van der Waals surface area (Å²) >= 11 is 5.19. The molecule has 0 aliphatic heterocycles. The van der Waals surface area contributed by atoms with E-state index in [4.69, 9.17) is 9.72 Å². The zero-order chi connectivity index (χ0) is 14.7. The van der Waals surface area contributed by atoms with Gasteiger partial charge in [-0.05, 0) is 31.2 Å². The predicted molar refractivity (Wildman–Crippen MR) is 90.8 cm³/mol. The molecular formula is C17H14BrNOS. The van der Waals surface area contributed by atoms with Crippen molar-refractivity contribution in [3.63, 3.8) is 0 Å². The van der Waals surface area contributed by atoms with Gasteiger partial charge in [0.15, 0.2) is 0 Å². The van der Waals surface area contributed by atoms with Crippen LogP contribution in [0.5, 0.6) is 5.75 Å². The van der Waals surface area contributed by atoms with Gasteiger partial charge >= 0.3 is 0 Å². The SMILES string of the molecule is Cc1sc(COc2ccccc2)nc1-c1cccc(Br)c1. The maximum absolute atomic E-state index is 5.76. The summed E-state index contributed by atoms with van der Waals surface area (Å²) in [4.78, 5) is 5.92. The summed E-state index contributed by atoms with van der Waals surface area (Å²) in [6.45, 7) is 2.60. The van der Waals surface area contributed by atoms with Crippen molar-refractivity contribution in [2.75, 3.05) is 0 Å². The van der Waals surface area contributed by atoms with Crippen LogP contribution in [0.2, 0.25) is 0 Å². The minimum Gasteiger partial charge on any atom is -0.486 e. The molecule has 0 amide bonds. The number of hydrogen-bond acceptors (Lipinski definition) is 3. The lowest BCUT2D eigenvalue weighted by Crippen LogP contribution is -1.94. The first-order chi connectivity index (χ1) is 10.2. The summed E-state index contributed by atoms with van der Waals surface area (Å²) in [5, 5.41) is 0.992. The summed E-state index contributed by atoms with van der Waals surface area (Å²) in [6.07, 6.45) is 0. The molecule has 0 fully saturated rings.